The standard InChI is InChI=1S/C11H11F2N3/c12-11(13)9-3-1-8(2-4-9)5-14-10-6-15-16-7-10/h1-4,6-7,11,14H,5H2,(H,15,16). The number of nitrogens with one attached hydrogen (secondary N) is 2. The molecule has 0 radical (unpaired) electrons. The summed E-state index contributed by atoms with van der Waals surface area (Å²) >= 11 is 0. The van der Waals surface area contributed by atoms with E-state index in [9.17, 15) is 8.78 Å². The second-order valence-corrected chi connectivity index (χ2v) is 3.38. The molecule has 0 atom stereocenters. The zero-order valence-electron chi connectivity index (χ0n) is 8.45. The molecule has 0 aliphatic carbocycles. The van der Waals surface area contributed by atoms with Gasteiger partial charge in [0.25, 0.3) is 6.43 Å². The molecule has 3 nitrogen and oxygen atoms in total. The Morgan fingerprint density at radius 3 is 2.56 bits per heavy atom. The van der Waals surface area contributed by atoms with Crippen LogP contribution in [0.3, 0.4) is 0 Å². The lowest BCUT2D eigenvalue weighted by atomic mass is 10.1. The predicted octanol–water partition coefficient (Wildman–Crippen LogP) is 2.96. The topological polar surface area (TPSA) is 40.7 Å². The lowest BCUT2D eigenvalue weighted by Gasteiger charge is -2.04. The summed E-state index contributed by atoms with van der Waals surface area (Å²) in [5.74, 6) is 0. The first-order chi connectivity index (χ1) is 7.75. The third-order valence-electron chi connectivity index (χ3n) is 2.23. The van der Waals surface area contributed by atoms with Gasteiger partial charge in [-0.3, -0.25) is 5.10 Å². The van der Waals surface area contributed by atoms with E-state index < -0.39 is 6.43 Å². The fourth-order valence-electron chi connectivity index (χ4n) is 1.33. The summed E-state index contributed by atoms with van der Waals surface area (Å²) in [6, 6.07) is 6.26. The quantitative estimate of drug-likeness (QED) is 0.836. The number of anilines is 1. The van der Waals surface area contributed by atoms with Gasteiger partial charge in [-0.15, -0.1) is 0 Å². The van der Waals surface area contributed by atoms with Gasteiger partial charge in [0.05, 0.1) is 11.9 Å². The van der Waals surface area contributed by atoms with E-state index in [-0.39, 0.29) is 5.56 Å². The van der Waals surface area contributed by atoms with E-state index in [0.717, 1.165) is 11.3 Å². The Kier molecular flexibility index (Phi) is 3.14. The van der Waals surface area contributed by atoms with Crippen LogP contribution in [0, 0.1) is 0 Å². The molecule has 1 aromatic carbocycles. The Labute approximate surface area is 91.5 Å². The highest BCUT2D eigenvalue weighted by atomic mass is 19.3. The van der Waals surface area contributed by atoms with Crippen LogP contribution in [0.25, 0.3) is 0 Å². The highest BCUT2D eigenvalue weighted by Crippen LogP contribution is 2.18. The van der Waals surface area contributed by atoms with E-state index in [0.29, 0.717) is 6.54 Å². The highest BCUT2D eigenvalue weighted by molar-refractivity contribution is 5.38. The van der Waals surface area contributed by atoms with Crippen LogP contribution in [0.15, 0.2) is 36.7 Å². The molecule has 0 saturated heterocycles. The summed E-state index contributed by atoms with van der Waals surface area (Å²) in [5, 5.41) is 9.57. The molecule has 0 aliphatic rings. The fraction of sp³-hybridized carbons (Fsp3) is 0.182. The Bertz CT molecular complexity index is 423. The number of hydrogen-bond acceptors (Lipinski definition) is 2. The van der Waals surface area contributed by atoms with Crippen LogP contribution in [0.5, 0.6) is 0 Å². The van der Waals surface area contributed by atoms with Crippen molar-refractivity contribution in [3.8, 4) is 0 Å². The number of nitrogens with zero attached hydrogens (tertiary/aromatic N) is 1. The first-order valence-electron chi connectivity index (χ1n) is 4.85. The molecular formula is C11H11F2N3. The second-order valence-electron chi connectivity index (χ2n) is 3.38. The maximum atomic E-state index is 12.3. The summed E-state index contributed by atoms with van der Waals surface area (Å²) in [6.07, 6.45) is 0.983. The van der Waals surface area contributed by atoms with Crippen LogP contribution in [-0.2, 0) is 6.54 Å². The van der Waals surface area contributed by atoms with Gasteiger partial charge >= 0.3 is 0 Å². The van der Waals surface area contributed by atoms with Crippen LogP contribution < -0.4 is 5.32 Å². The Balaban J connectivity index is 1.95. The summed E-state index contributed by atoms with van der Waals surface area (Å²) in [4.78, 5) is 0. The van der Waals surface area contributed by atoms with Crippen molar-refractivity contribution in [2.75, 3.05) is 5.32 Å². The van der Waals surface area contributed by atoms with Gasteiger partial charge in [-0.25, -0.2) is 8.78 Å². The molecule has 5 heteroatoms. The molecule has 0 saturated carbocycles. The summed E-state index contributed by atoms with van der Waals surface area (Å²) in [7, 11) is 0. The molecule has 2 N–H and O–H groups in total. The van der Waals surface area contributed by atoms with Crippen LogP contribution in [0.4, 0.5) is 14.5 Å². The van der Waals surface area contributed by atoms with Gasteiger partial charge in [0.2, 0.25) is 0 Å². The molecule has 0 fully saturated rings. The number of alkyl halides is 2. The predicted molar refractivity (Wildman–Crippen MR) is 57.3 cm³/mol. The van der Waals surface area contributed by atoms with Gasteiger partial charge < -0.3 is 5.32 Å². The van der Waals surface area contributed by atoms with Crippen molar-refractivity contribution in [3.05, 3.63) is 47.8 Å². The number of rotatable bonds is 4. The lowest BCUT2D eigenvalue weighted by molar-refractivity contribution is 0.151. The molecule has 0 unspecified atom stereocenters. The third kappa shape index (κ3) is 2.56. The van der Waals surface area contributed by atoms with Crippen molar-refractivity contribution in [3.63, 3.8) is 0 Å². The highest BCUT2D eigenvalue weighted by Gasteiger charge is 2.05. The minimum absolute atomic E-state index is 0.0482. The SMILES string of the molecule is FC(F)c1ccc(CNc2cn[nH]c2)cc1. The minimum atomic E-state index is -2.41. The number of hydrogen-bond donors (Lipinski definition) is 2. The number of halogens is 2. The molecule has 2 rings (SSSR count). The van der Waals surface area contributed by atoms with Crippen molar-refractivity contribution in [2.45, 2.75) is 13.0 Å². The smallest absolute Gasteiger partial charge is 0.263 e. The number of aromatic amines is 1. The van der Waals surface area contributed by atoms with Crippen molar-refractivity contribution < 1.29 is 8.78 Å². The van der Waals surface area contributed by atoms with E-state index in [2.05, 4.69) is 15.5 Å². The number of H-pyrrole nitrogens is 1. The maximum absolute atomic E-state index is 12.3. The van der Waals surface area contributed by atoms with E-state index in [1.165, 1.54) is 12.1 Å². The van der Waals surface area contributed by atoms with Crippen molar-refractivity contribution >= 4 is 5.69 Å². The van der Waals surface area contributed by atoms with E-state index in [1.807, 2.05) is 0 Å². The van der Waals surface area contributed by atoms with Crippen molar-refractivity contribution in [2.24, 2.45) is 0 Å². The molecule has 0 amide bonds. The Morgan fingerprint density at radius 1 is 1.25 bits per heavy atom. The fourth-order valence-corrected chi connectivity index (χ4v) is 1.33. The van der Waals surface area contributed by atoms with Gasteiger partial charge in [-0.2, -0.15) is 5.10 Å². The Morgan fingerprint density at radius 2 is 2.00 bits per heavy atom. The van der Waals surface area contributed by atoms with Crippen LogP contribution >= 0.6 is 0 Å². The zero-order chi connectivity index (χ0) is 11.4. The second kappa shape index (κ2) is 4.74. The largest absolute Gasteiger partial charge is 0.378 e. The third-order valence-corrected chi connectivity index (χ3v) is 2.23. The monoisotopic (exact) mass is 223 g/mol. The first-order valence-corrected chi connectivity index (χ1v) is 4.85. The Hall–Kier alpha value is -1.91. The summed E-state index contributed by atoms with van der Waals surface area (Å²) in [5.41, 5.74) is 1.87. The number of benzene rings is 1. The van der Waals surface area contributed by atoms with Gasteiger partial charge in [-0.1, -0.05) is 24.3 Å². The molecular weight excluding hydrogens is 212 g/mol. The summed E-state index contributed by atoms with van der Waals surface area (Å²) in [6.45, 7) is 0.586. The molecule has 0 bridgehead atoms. The first kappa shape index (κ1) is 10.6. The van der Waals surface area contributed by atoms with Crippen LogP contribution in [0.1, 0.15) is 17.6 Å². The van der Waals surface area contributed by atoms with Crippen LogP contribution in [0.2, 0.25) is 0 Å². The maximum Gasteiger partial charge on any atom is 0.263 e. The molecule has 1 aromatic heterocycles. The molecule has 84 valence electrons. The average molecular weight is 223 g/mol. The van der Waals surface area contributed by atoms with Gasteiger partial charge in [0, 0.05) is 18.3 Å². The normalized spacial score (nSPS) is 10.7. The van der Waals surface area contributed by atoms with Crippen molar-refractivity contribution in [1.82, 2.24) is 10.2 Å². The van der Waals surface area contributed by atoms with Crippen molar-refractivity contribution in [1.29, 1.82) is 0 Å². The van der Waals surface area contributed by atoms with E-state index in [1.54, 1.807) is 24.5 Å². The molecule has 2 aromatic rings. The van der Waals surface area contributed by atoms with Gasteiger partial charge in [0.1, 0.15) is 0 Å². The molecule has 0 aliphatic heterocycles. The van der Waals surface area contributed by atoms with Gasteiger partial charge in [0.15, 0.2) is 0 Å². The average Bonchev–Trinajstić information content (AvgIpc) is 2.80. The van der Waals surface area contributed by atoms with Gasteiger partial charge in [-0.05, 0) is 5.56 Å². The van der Waals surface area contributed by atoms with E-state index >= 15 is 0 Å². The lowest BCUT2D eigenvalue weighted by Crippen LogP contribution is -1.98. The molecule has 1 heterocycles. The number of aromatic nitrogens is 2. The zero-order valence-corrected chi connectivity index (χ0v) is 8.45. The van der Waals surface area contributed by atoms with Crippen LogP contribution in [-0.4, -0.2) is 10.2 Å². The van der Waals surface area contributed by atoms with E-state index in [4.69, 9.17) is 0 Å². The molecule has 16 heavy (non-hydrogen) atoms. The molecule has 0 spiro atoms. The minimum Gasteiger partial charge on any atom is -0.378 e. The summed E-state index contributed by atoms with van der Waals surface area (Å²) < 4.78 is 24.6.